The summed E-state index contributed by atoms with van der Waals surface area (Å²) in [6.45, 7) is 7.16. The minimum Gasteiger partial charge on any atom is -0.388 e. The van der Waals surface area contributed by atoms with E-state index in [4.69, 9.17) is 0 Å². The molecule has 2 amide bonds. The van der Waals surface area contributed by atoms with Crippen molar-refractivity contribution in [2.45, 2.75) is 83.4 Å². The number of aromatic nitrogens is 2. The summed E-state index contributed by atoms with van der Waals surface area (Å²) in [7, 11) is 0. The normalized spacial score (nSPS) is 21.6. The van der Waals surface area contributed by atoms with Crippen LogP contribution in [0.2, 0.25) is 0 Å². The van der Waals surface area contributed by atoms with Gasteiger partial charge in [-0.05, 0) is 76.3 Å². The van der Waals surface area contributed by atoms with Gasteiger partial charge in [-0.1, -0.05) is 6.92 Å². The smallest absolute Gasteiger partial charge is 0.280 e. The molecule has 5 rings (SSSR count). The van der Waals surface area contributed by atoms with Crippen molar-refractivity contribution in [2.75, 3.05) is 18.4 Å². The summed E-state index contributed by atoms with van der Waals surface area (Å²) in [5, 5.41) is 16.7. The Bertz CT molecular complexity index is 1120. The lowest BCUT2D eigenvalue weighted by Gasteiger charge is -2.21. The average Bonchev–Trinajstić information content (AvgIpc) is 3.73. The number of hydrogen-bond acceptors (Lipinski definition) is 7. The Morgan fingerprint density at radius 3 is 2.69 bits per heavy atom. The van der Waals surface area contributed by atoms with Gasteiger partial charge < -0.3 is 20.6 Å². The number of rotatable bonds is 9. The van der Waals surface area contributed by atoms with Gasteiger partial charge in [-0.3, -0.25) is 9.59 Å². The molecule has 9 heteroatoms. The molecule has 0 bridgehead atoms. The van der Waals surface area contributed by atoms with E-state index in [0.29, 0.717) is 36.0 Å². The molecule has 8 nitrogen and oxygen atoms in total. The number of nitrogens with zero attached hydrogens (tertiary/aromatic N) is 3. The monoisotopic (exact) mass is 497 g/mol. The lowest BCUT2D eigenvalue weighted by Crippen LogP contribution is -2.35. The lowest BCUT2D eigenvalue weighted by molar-refractivity contribution is 0.0743. The zero-order chi connectivity index (χ0) is 24.7. The molecular weight excluding hydrogens is 462 g/mol. The third-order valence-electron chi connectivity index (χ3n) is 7.56. The molecule has 2 saturated carbocycles. The Hall–Kier alpha value is -2.52. The van der Waals surface area contributed by atoms with Crippen LogP contribution in [0.1, 0.15) is 84.6 Å². The summed E-state index contributed by atoms with van der Waals surface area (Å²) < 4.78 is 0. The minimum absolute atomic E-state index is 0.137. The molecule has 2 aromatic heterocycles. The molecule has 0 radical (unpaired) electrons. The highest BCUT2D eigenvalue weighted by Gasteiger charge is 2.41. The van der Waals surface area contributed by atoms with Gasteiger partial charge in [0.1, 0.15) is 11.5 Å². The van der Waals surface area contributed by atoms with Crippen LogP contribution in [-0.2, 0) is 0 Å². The fourth-order valence-electron chi connectivity index (χ4n) is 4.87. The molecule has 0 aromatic carbocycles. The second-order valence-electron chi connectivity index (χ2n) is 10.5. The standard InChI is InChI=1S/C26H35N5O3S/c1-4-19(17-7-8-17)29-20-12-15(2)18(13-27-20)22-21(25(33)31-11-5-6-16(31)3)30-24(35-22)23(32)28-14-26(34)9-10-26/h12-13,16-17,19,34H,4-11,14H2,1-3H3,(H,27,29)(H,28,32)/t16-,19-/m0/s1. The van der Waals surface area contributed by atoms with E-state index in [-0.39, 0.29) is 29.4 Å². The molecule has 3 fully saturated rings. The molecule has 3 aliphatic rings. The molecule has 35 heavy (non-hydrogen) atoms. The van der Waals surface area contributed by atoms with Gasteiger partial charge in [-0.25, -0.2) is 9.97 Å². The summed E-state index contributed by atoms with van der Waals surface area (Å²) in [5.41, 5.74) is 1.33. The Kier molecular flexibility index (Phi) is 6.57. The molecule has 0 unspecified atom stereocenters. The molecule has 1 aliphatic heterocycles. The largest absolute Gasteiger partial charge is 0.388 e. The van der Waals surface area contributed by atoms with Crippen LogP contribution in [-0.4, -0.2) is 62.6 Å². The van der Waals surface area contributed by atoms with E-state index in [0.717, 1.165) is 42.1 Å². The number of pyridine rings is 1. The minimum atomic E-state index is -0.792. The van der Waals surface area contributed by atoms with E-state index in [2.05, 4.69) is 34.4 Å². The van der Waals surface area contributed by atoms with Crippen molar-refractivity contribution in [3.63, 3.8) is 0 Å². The van der Waals surface area contributed by atoms with Crippen LogP contribution in [0.3, 0.4) is 0 Å². The fourth-order valence-corrected chi connectivity index (χ4v) is 5.92. The number of anilines is 1. The quantitative estimate of drug-likeness (QED) is 0.484. The number of nitrogens with one attached hydrogen (secondary N) is 2. The number of thiazole rings is 1. The zero-order valence-corrected chi connectivity index (χ0v) is 21.6. The predicted molar refractivity (Wildman–Crippen MR) is 137 cm³/mol. The Morgan fingerprint density at radius 2 is 2.09 bits per heavy atom. The lowest BCUT2D eigenvalue weighted by atomic mass is 10.1. The number of carbonyl (C=O) groups is 2. The van der Waals surface area contributed by atoms with E-state index in [1.165, 1.54) is 24.2 Å². The van der Waals surface area contributed by atoms with E-state index in [9.17, 15) is 14.7 Å². The fraction of sp³-hybridized carbons (Fsp3) is 0.615. The number of hydrogen-bond donors (Lipinski definition) is 3. The van der Waals surface area contributed by atoms with Gasteiger partial charge in [-0.15, -0.1) is 11.3 Å². The molecule has 188 valence electrons. The van der Waals surface area contributed by atoms with E-state index < -0.39 is 5.60 Å². The summed E-state index contributed by atoms with van der Waals surface area (Å²) >= 11 is 1.22. The first kappa shape index (κ1) is 24.2. The highest BCUT2D eigenvalue weighted by atomic mass is 32.1. The first-order chi connectivity index (χ1) is 16.8. The van der Waals surface area contributed by atoms with Gasteiger partial charge in [0.15, 0.2) is 5.01 Å². The highest BCUT2D eigenvalue weighted by Crippen LogP contribution is 2.38. The molecule has 0 spiro atoms. The van der Waals surface area contributed by atoms with Crippen molar-refractivity contribution >= 4 is 29.0 Å². The maximum absolute atomic E-state index is 13.5. The second kappa shape index (κ2) is 9.50. The van der Waals surface area contributed by atoms with E-state index in [1.807, 2.05) is 17.9 Å². The van der Waals surface area contributed by atoms with Gasteiger partial charge in [0, 0.05) is 36.9 Å². The van der Waals surface area contributed by atoms with Gasteiger partial charge in [-0.2, -0.15) is 0 Å². The van der Waals surface area contributed by atoms with Gasteiger partial charge >= 0.3 is 0 Å². The number of aryl methyl sites for hydroxylation is 1. The van der Waals surface area contributed by atoms with Crippen LogP contribution in [0.5, 0.6) is 0 Å². The zero-order valence-electron chi connectivity index (χ0n) is 20.8. The number of amides is 2. The molecule has 2 atom stereocenters. The van der Waals surface area contributed by atoms with Crippen LogP contribution in [0, 0.1) is 12.8 Å². The molecule has 2 aromatic rings. The van der Waals surface area contributed by atoms with Crippen molar-refractivity contribution in [3.8, 4) is 10.4 Å². The number of carbonyl (C=O) groups excluding carboxylic acids is 2. The first-order valence-corrected chi connectivity index (χ1v) is 13.7. The predicted octanol–water partition coefficient (Wildman–Crippen LogP) is 3.99. The molecule has 3 N–H and O–H groups in total. The second-order valence-corrected chi connectivity index (χ2v) is 11.5. The van der Waals surface area contributed by atoms with Crippen LogP contribution in [0.25, 0.3) is 10.4 Å². The number of aliphatic hydroxyl groups is 1. The Balaban J connectivity index is 1.44. The van der Waals surface area contributed by atoms with Crippen LogP contribution < -0.4 is 10.6 Å². The Morgan fingerprint density at radius 1 is 1.31 bits per heavy atom. The van der Waals surface area contributed by atoms with Gasteiger partial charge in [0.05, 0.1) is 10.5 Å². The maximum Gasteiger partial charge on any atom is 0.280 e. The van der Waals surface area contributed by atoms with Crippen LogP contribution in [0.4, 0.5) is 5.82 Å². The van der Waals surface area contributed by atoms with Crippen molar-refractivity contribution < 1.29 is 14.7 Å². The molecule has 3 heterocycles. The van der Waals surface area contributed by atoms with Crippen molar-refractivity contribution in [1.82, 2.24) is 20.2 Å². The van der Waals surface area contributed by atoms with Crippen molar-refractivity contribution in [1.29, 1.82) is 0 Å². The third kappa shape index (κ3) is 5.21. The summed E-state index contributed by atoms with van der Waals surface area (Å²) in [6.07, 6.45) is 8.72. The highest BCUT2D eigenvalue weighted by molar-refractivity contribution is 7.17. The summed E-state index contributed by atoms with van der Waals surface area (Å²) in [6, 6.07) is 2.61. The van der Waals surface area contributed by atoms with Crippen molar-refractivity contribution in [3.05, 3.63) is 28.5 Å². The Labute approximate surface area is 210 Å². The van der Waals surface area contributed by atoms with Crippen LogP contribution >= 0.6 is 11.3 Å². The van der Waals surface area contributed by atoms with E-state index >= 15 is 0 Å². The van der Waals surface area contributed by atoms with Crippen LogP contribution in [0.15, 0.2) is 12.3 Å². The SMILES string of the molecule is CC[C@H](Nc1cc(C)c(-c2sc(C(=O)NCC3(O)CC3)nc2C(=O)N2CCC[C@@H]2C)cn1)C1CC1. The average molecular weight is 498 g/mol. The van der Waals surface area contributed by atoms with E-state index in [1.54, 1.807) is 6.20 Å². The third-order valence-corrected chi connectivity index (χ3v) is 8.65. The number of likely N-dealkylation sites (tertiary alicyclic amines) is 1. The first-order valence-electron chi connectivity index (χ1n) is 12.8. The van der Waals surface area contributed by atoms with Crippen molar-refractivity contribution in [2.24, 2.45) is 5.92 Å². The summed E-state index contributed by atoms with van der Waals surface area (Å²) in [5.74, 6) is 1.07. The molecule has 2 aliphatic carbocycles. The molecular formula is C26H35N5O3S. The maximum atomic E-state index is 13.5. The van der Waals surface area contributed by atoms with Gasteiger partial charge in [0.2, 0.25) is 0 Å². The van der Waals surface area contributed by atoms with Gasteiger partial charge in [0.25, 0.3) is 11.8 Å². The molecule has 1 saturated heterocycles. The topological polar surface area (TPSA) is 107 Å². The summed E-state index contributed by atoms with van der Waals surface area (Å²) in [4.78, 5) is 38.1.